The number of ketones is 1. The fraction of sp³-hybridized carbons (Fsp3) is 0.111. The first-order valence-electron chi connectivity index (χ1n) is 7.04. The second-order valence-corrected chi connectivity index (χ2v) is 5.26. The van der Waals surface area contributed by atoms with E-state index < -0.39 is 0 Å². The molecule has 0 unspecified atom stereocenters. The summed E-state index contributed by atoms with van der Waals surface area (Å²) in [5.41, 5.74) is 4.55. The molecule has 3 aromatic rings. The van der Waals surface area contributed by atoms with Crippen LogP contribution < -0.4 is 5.56 Å². The van der Waals surface area contributed by atoms with Gasteiger partial charge in [-0.15, -0.1) is 0 Å². The number of aromatic amines is 1. The number of hydrogen-bond donors (Lipinski definition) is 1. The summed E-state index contributed by atoms with van der Waals surface area (Å²) in [6, 6.07) is 13.0. The predicted octanol–water partition coefficient (Wildman–Crippen LogP) is 3.30. The summed E-state index contributed by atoms with van der Waals surface area (Å²) >= 11 is 0. The predicted molar refractivity (Wildman–Crippen MR) is 82.8 cm³/mol. The normalized spacial score (nSPS) is 12.5. The molecule has 3 heteroatoms. The van der Waals surface area contributed by atoms with Gasteiger partial charge in [0.25, 0.3) is 5.56 Å². The van der Waals surface area contributed by atoms with Crippen molar-refractivity contribution in [3.05, 3.63) is 69.5 Å². The Morgan fingerprint density at radius 3 is 2.38 bits per heavy atom. The Kier molecular flexibility index (Phi) is 2.39. The third-order valence-corrected chi connectivity index (χ3v) is 4.18. The molecular formula is C18H13NO2. The van der Waals surface area contributed by atoms with Gasteiger partial charge >= 0.3 is 0 Å². The van der Waals surface area contributed by atoms with Crippen molar-refractivity contribution < 1.29 is 4.79 Å². The van der Waals surface area contributed by atoms with Crippen LogP contribution >= 0.6 is 0 Å². The van der Waals surface area contributed by atoms with Gasteiger partial charge in [0.1, 0.15) is 0 Å². The number of carbonyl (C=O) groups excluding carboxylic acids is 1. The van der Waals surface area contributed by atoms with E-state index in [-0.39, 0.29) is 11.3 Å². The highest BCUT2D eigenvalue weighted by Gasteiger charge is 2.27. The fourth-order valence-corrected chi connectivity index (χ4v) is 3.26. The van der Waals surface area contributed by atoms with Gasteiger partial charge in [-0.05, 0) is 18.1 Å². The molecule has 102 valence electrons. The SMILES string of the molecule is CCc1c2c3c(cccc3[nH]c1=O)C(=O)c1ccccc1-2. The van der Waals surface area contributed by atoms with Crippen LogP contribution in [0.1, 0.15) is 28.4 Å². The lowest BCUT2D eigenvalue weighted by molar-refractivity contribution is 0.104. The van der Waals surface area contributed by atoms with Crippen molar-refractivity contribution in [2.75, 3.05) is 0 Å². The maximum Gasteiger partial charge on any atom is 0.252 e. The average molecular weight is 275 g/mol. The maximum absolute atomic E-state index is 12.7. The lowest BCUT2D eigenvalue weighted by atomic mass is 9.82. The summed E-state index contributed by atoms with van der Waals surface area (Å²) in [5, 5.41) is 0.873. The van der Waals surface area contributed by atoms with Gasteiger partial charge in [0.05, 0.1) is 0 Å². The molecule has 0 radical (unpaired) electrons. The van der Waals surface area contributed by atoms with Crippen LogP contribution in [0.5, 0.6) is 0 Å². The van der Waals surface area contributed by atoms with Gasteiger partial charge in [-0.2, -0.15) is 0 Å². The Morgan fingerprint density at radius 2 is 1.62 bits per heavy atom. The second-order valence-electron chi connectivity index (χ2n) is 5.26. The minimum Gasteiger partial charge on any atom is -0.322 e. The van der Waals surface area contributed by atoms with E-state index in [0.717, 1.165) is 27.6 Å². The van der Waals surface area contributed by atoms with Gasteiger partial charge in [0, 0.05) is 33.2 Å². The van der Waals surface area contributed by atoms with E-state index in [4.69, 9.17) is 0 Å². The molecule has 1 aliphatic carbocycles. The summed E-state index contributed by atoms with van der Waals surface area (Å²) in [5.74, 6) is 0.0257. The summed E-state index contributed by atoms with van der Waals surface area (Å²) in [6.45, 7) is 1.97. The number of pyridine rings is 1. The minimum atomic E-state index is -0.0682. The monoisotopic (exact) mass is 275 g/mol. The topological polar surface area (TPSA) is 49.9 Å². The molecule has 1 heterocycles. The molecular weight excluding hydrogens is 262 g/mol. The first-order chi connectivity index (χ1) is 10.2. The molecule has 1 aromatic heterocycles. The van der Waals surface area contributed by atoms with Crippen molar-refractivity contribution in [3.8, 4) is 11.1 Å². The Labute approximate surface area is 121 Å². The maximum atomic E-state index is 12.7. The number of aromatic nitrogens is 1. The van der Waals surface area contributed by atoms with Crippen LogP contribution in [0.4, 0.5) is 0 Å². The Morgan fingerprint density at radius 1 is 0.905 bits per heavy atom. The highest BCUT2D eigenvalue weighted by Crippen LogP contribution is 2.39. The highest BCUT2D eigenvalue weighted by molar-refractivity contribution is 6.25. The molecule has 0 saturated heterocycles. The van der Waals surface area contributed by atoms with Crippen LogP contribution in [0.3, 0.4) is 0 Å². The van der Waals surface area contributed by atoms with Crippen LogP contribution in [-0.2, 0) is 6.42 Å². The van der Waals surface area contributed by atoms with E-state index in [9.17, 15) is 9.59 Å². The number of nitrogens with one attached hydrogen (secondary N) is 1. The molecule has 0 saturated carbocycles. The van der Waals surface area contributed by atoms with E-state index in [1.807, 2.05) is 49.4 Å². The smallest absolute Gasteiger partial charge is 0.252 e. The zero-order valence-electron chi connectivity index (χ0n) is 11.6. The van der Waals surface area contributed by atoms with Crippen molar-refractivity contribution in [1.29, 1.82) is 0 Å². The molecule has 4 rings (SSSR count). The molecule has 2 aromatic carbocycles. The van der Waals surface area contributed by atoms with Crippen LogP contribution in [0, 0.1) is 0 Å². The first kappa shape index (κ1) is 12.1. The van der Waals surface area contributed by atoms with Crippen LogP contribution in [0.2, 0.25) is 0 Å². The Balaban J connectivity index is 2.33. The van der Waals surface area contributed by atoms with Gasteiger partial charge in [0.15, 0.2) is 5.78 Å². The summed E-state index contributed by atoms with van der Waals surface area (Å²) < 4.78 is 0. The summed E-state index contributed by atoms with van der Waals surface area (Å²) in [7, 11) is 0. The number of carbonyl (C=O) groups is 1. The average Bonchev–Trinajstić information content (AvgIpc) is 2.51. The number of H-pyrrole nitrogens is 1. The molecule has 0 amide bonds. The largest absolute Gasteiger partial charge is 0.322 e. The molecule has 1 N–H and O–H groups in total. The highest BCUT2D eigenvalue weighted by atomic mass is 16.1. The lowest BCUT2D eigenvalue weighted by Crippen LogP contribution is -2.19. The Hall–Kier alpha value is -2.68. The number of rotatable bonds is 1. The quantitative estimate of drug-likeness (QED) is 0.579. The third kappa shape index (κ3) is 1.49. The molecule has 0 bridgehead atoms. The van der Waals surface area contributed by atoms with Crippen molar-refractivity contribution in [2.24, 2.45) is 0 Å². The van der Waals surface area contributed by atoms with E-state index in [0.29, 0.717) is 17.5 Å². The third-order valence-electron chi connectivity index (χ3n) is 4.18. The molecule has 0 spiro atoms. The van der Waals surface area contributed by atoms with Gasteiger partial charge in [-0.3, -0.25) is 9.59 Å². The van der Waals surface area contributed by atoms with Crippen LogP contribution in [0.25, 0.3) is 22.0 Å². The van der Waals surface area contributed by atoms with Crippen LogP contribution in [0.15, 0.2) is 47.3 Å². The van der Waals surface area contributed by atoms with Gasteiger partial charge in [-0.25, -0.2) is 0 Å². The molecule has 1 aliphatic rings. The number of hydrogen-bond acceptors (Lipinski definition) is 2. The van der Waals surface area contributed by atoms with Crippen molar-refractivity contribution >= 4 is 16.7 Å². The van der Waals surface area contributed by atoms with E-state index in [2.05, 4.69) is 4.98 Å². The van der Waals surface area contributed by atoms with Gasteiger partial charge in [-0.1, -0.05) is 43.3 Å². The van der Waals surface area contributed by atoms with Gasteiger partial charge < -0.3 is 4.98 Å². The molecule has 0 aliphatic heterocycles. The lowest BCUT2D eigenvalue weighted by Gasteiger charge is -2.21. The van der Waals surface area contributed by atoms with Gasteiger partial charge in [0.2, 0.25) is 0 Å². The molecule has 0 atom stereocenters. The standard InChI is InChI=1S/C18H13NO2/c1-2-10-15-11-6-3-4-7-12(11)17(20)13-8-5-9-14(16(13)15)19-18(10)21/h3-9H,2H2,1H3,(H,19,21). The van der Waals surface area contributed by atoms with Crippen molar-refractivity contribution in [3.63, 3.8) is 0 Å². The number of fused-ring (bicyclic) bond motifs is 2. The zero-order chi connectivity index (χ0) is 14.6. The second kappa shape index (κ2) is 4.16. The molecule has 3 nitrogen and oxygen atoms in total. The summed E-state index contributed by atoms with van der Waals surface area (Å²) in [4.78, 5) is 27.9. The zero-order valence-corrected chi connectivity index (χ0v) is 11.6. The molecule has 21 heavy (non-hydrogen) atoms. The summed E-state index contributed by atoms with van der Waals surface area (Å²) in [6.07, 6.45) is 0.636. The number of benzene rings is 2. The van der Waals surface area contributed by atoms with Crippen molar-refractivity contribution in [1.82, 2.24) is 4.98 Å². The van der Waals surface area contributed by atoms with Crippen molar-refractivity contribution in [2.45, 2.75) is 13.3 Å². The fourth-order valence-electron chi connectivity index (χ4n) is 3.26. The first-order valence-corrected chi connectivity index (χ1v) is 7.04. The van der Waals surface area contributed by atoms with E-state index >= 15 is 0 Å². The van der Waals surface area contributed by atoms with E-state index in [1.54, 1.807) is 0 Å². The Bertz CT molecular complexity index is 967. The minimum absolute atomic E-state index is 0.0257. The van der Waals surface area contributed by atoms with Crippen LogP contribution in [-0.4, -0.2) is 10.8 Å². The molecule has 0 fully saturated rings. The van der Waals surface area contributed by atoms with E-state index in [1.165, 1.54) is 0 Å².